The standard InChI is InChI=1S/C10H22N5O14P3.3Na.H2O/c11-10-13-7-4(8(18)14-10)12-2-15(7)9-6(17)5(16)3(27-9)1-26-31(22,23)29-32(24,25)28-30(19,20)21;;;;/h3-7,9-10,12-13,16-17H,1-2,11H2,(H,14,18)(H,22,23)(H,24,25)(H2,19,20,21);;;;1H2/q;3*+1;/p-3/t3-,4?,5-,6-,7?,9-,10?;;;;/m1..../s1. The van der Waals surface area contributed by atoms with Gasteiger partial charge in [0.05, 0.1) is 19.4 Å². The van der Waals surface area contributed by atoms with Crippen molar-refractivity contribution in [3.8, 4) is 0 Å². The first-order valence-electron chi connectivity index (χ1n) is 8.64. The Morgan fingerprint density at radius 3 is 2.22 bits per heavy atom. The van der Waals surface area contributed by atoms with Crippen molar-refractivity contribution < 1.29 is 160 Å². The summed E-state index contributed by atoms with van der Waals surface area (Å²) < 4.78 is 49.5. The van der Waals surface area contributed by atoms with Gasteiger partial charge in [-0.05, 0) is 0 Å². The molecular weight excluding hydrogens is 592 g/mol. The Morgan fingerprint density at radius 2 is 1.67 bits per heavy atom. The van der Waals surface area contributed by atoms with Gasteiger partial charge >= 0.3 is 88.7 Å². The number of fused-ring (bicyclic) bond motifs is 1. The smallest absolute Gasteiger partial charge is 0.756 e. The first-order valence-corrected chi connectivity index (χ1v) is 13.1. The number of nitrogens with two attached hydrogens (primary N) is 1. The molecule has 0 radical (unpaired) electrons. The third-order valence-electron chi connectivity index (χ3n) is 4.56. The van der Waals surface area contributed by atoms with Crippen molar-refractivity contribution in [1.29, 1.82) is 0 Å². The van der Waals surface area contributed by atoms with E-state index in [0.29, 0.717) is 0 Å². The molecule has 3 rings (SSSR count). The summed E-state index contributed by atoms with van der Waals surface area (Å²) in [6.07, 6.45) is -7.81. The Labute approximate surface area is 270 Å². The number of aliphatic hydroxyl groups is 2. The summed E-state index contributed by atoms with van der Waals surface area (Å²) in [6, 6.07) is -0.775. The number of hydrogen-bond donors (Lipinski definition) is 7. The van der Waals surface area contributed by atoms with Gasteiger partial charge in [0.25, 0.3) is 23.5 Å². The maximum Gasteiger partial charge on any atom is 1.00 e. The van der Waals surface area contributed by atoms with Crippen LogP contribution in [-0.2, 0) is 36.4 Å². The number of rotatable bonds is 8. The molecule has 0 aromatic rings. The van der Waals surface area contributed by atoms with Crippen LogP contribution in [0.15, 0.2) is 0 Å². The second kappa shape index (κ2) is 15.7. The van der Waals surface area contributed by atoms with E-state index in [9.17, 15) is 43.4 Å². The van der Waals surface area contributed by atoms with Gasteiger partial charge in [0.2, 0.25) is 5.91 Å². The third kappa shape index (κ3) is 10.8. The number of nitrogens with zero attached hydrogens (tertiary/aromatic N) is 1. The number of amides is 1. The molecule has 20 nitrogen and oxygen atoms in total. The van der Waals surface area contributed by atoms with E-state index in [1.165, 1.54) is 4.90 Å². The van der Waals surface area contributed by atoms with Gasteiger partial charge in [-0.15, -0.1) is 0 Å². The second-order valence-corrected chi connectivity index (χ2v) is 11.1. The Morgan fingerprint density at radius 1 is 1.08 bits per heavy atom. The SMILES string of the molecule is NC1NC(=O)C2NCN([C@@H]3O[C@H](COP(=O)([O-])OP(=O)([O-])OP(=O)([O-])O)[C@@H](O)[C@H]3O)C2N1.O.[Na+].[Na+].[Na+]. The molecule has 26 heteroatoms. The van der Waals surface area contributed by atoms with E-state index in [4.69, 9.17) is 15.4 Å². The topological polar surface area (TPSA) is 332 Å². The fourth-order valence-electron chi connectivity index (χ4n) is 3.34. The van der Waals surface area contributed by atoms with E-state index in [0.717, 1.165) is 0 Å². The molecular formula is C10H21N5Na3O15P3. The zero-order valence-corrected chi connectivity index (χ0v) is 27.8. The number of ether oxygens (including phenoxy) is 1. The van der Waals surface area contributed by atoms with Crippen LogP contribution < -0.4 is 125 Å². The predicted molar refractivity (Wildman–Crippen MR) is 94.1 cm³/mol. The van der Waals surface area contributed by atoms with Crippen LogP contribution in [0, 0.1) is 0 Å². The number of phosphoric ester groups is 1. The molecule has 0 aromatic heterocycles. The number of carbonyl (C=O) groups excluding carboxylic acids is 1. The molecule has 0 aliphatic carbocycles. The number of carbonyl (C=O) groups is 1. The molecule has 3 aliphatic rings. The monoisotopic (exact) mass is 613 g/mol. The molecule has 0 aromatic carbocycles. The summed E-state index contributed by atoms with van der Waals surface area (Å²) in [7, 11) is -17.8. The molecule has 1 amide bonds. The van der Waals surface area contributed by atoms with Gasteiger partial charge < -0.3 is 49.8 Å². The van der Waals surface area contributed by atoms with Crippen molar-refractivity contribution >= 4 is 29.4 Å². The molecule has 0 spiro atoms. The Kier molecular flexibility index (Phi) is 17.7. The van der Waals surface area contributed by atoms with Gasteiger partial charge in [-0.25, -0.2) is 13.5 Å². The quantitative estimate of drug-likeness (QED) is 0.0986. The molecule has 3 saturated heterocycles. The molecule has 10 N–H and O–H groups in total. The first kappa shape index (κ1) is 40.7. The summed E-state index contributed by atoms with van der Waals surface area (Å²) in [5.74, 6) is -0.434. The third-order valence-corrected chi connectivity index (χ3v) is 8.25. The number of hydrogen-bond acceptors (Lipinski definition) is 17. The molecule has 6 unspecified atom stereocenters. The van der Waals surface area contributed by atoms with Crippen LogP contribution >= 0.6 is 23.5 Å². The van der Waals surface area contributed by atoms with E-state index in [2.05, 4.69) is 29.1 Å². The zero-order chi connectivity index (χ0) is 24.1. The van der Waals surface area contributed by atoms with Gasteiger partial charge in [-0.1, -0.05) is 0 Å². The average Bonchev–Trinajstić information content (AvgIpc) is 3.12. The molecule has 0 bridgehead atoms. The molecule has 0 saturated carbocycles. The molecule has 3 fully saturated rings. The van der Waals surface area contributed by atoms with Crippen molar-refractivity contribution in [2.75, 3.05) is 13.3 Å². The van der Waals surface area contributed by atoms with Crippen molar-refractivity contribution in [1.82, 2.24) is 20.9 Å². The van der Waals surface area contributed by atoms with Crippen LogP contribution in [0.3, 0.4) is 0 Å². The van der Waals surface area contributed by atoms with Crippen molar-refractivity contribution in [2.45, 2.75) is 43.0 Å². The minimum atomic E-state index is -6.09. The first-order chi connectivity index (χ1) is 14.6. The zero-order valence-electron chi connectivity index (χ0n) is 19.2. The van der Waals surface area contributed by atoms with Crippen molar-refractivity contribution in [3.63, 3.8) is 0 Å². The number of aliphatic hydroxyl groups excluding tert-OH is 2. The Hall–Kier alpha value is 2.56. The summed E-state index contributed by atoms with van der Waals surface area (Å²) in [4.78, 5) is 55.0. The second-order valence-electron chi connectivity index (χ2n) is 6.82. The van der Waals surface area contributed by atoms with Crippen molar-refractivity contribution in [2.24, 2.45) is 5.73 Å². The van der Waals surface area contributed by atoms with E-state index in [-0.39, 0.29) is 101 Å². The van der Waals surface area contributed by atoms with Gasteiger partial charge in [0, 0.05) is 0 Å². The molecule has 3 aliphatic heterocycles. The van der Waals surface area contributed by atoms with Gasteiger partial charge in [0.1, 0.15) is 36.9 Å². The van der Waals surface area contributed by atoms with Crippen LogP contribution in [-0.4, -0.2) is 87.7 Å². The summed E-state index contributed by atoms with van der Waals surface area (Å²) in [5, 5.41) is 28.6. The van der Waals surface area contributed by atoms with E-state index >= 15 is 0 Å². The predicted octanol–water partition coefficient (Wildman–Crippen LogP) is -16.4. The summed E-state index contributed by atoms with van der Waals surface area (Å²) in [5.41, 5.74) is 5.65. The fourth-order valence-corrected chi connectivity index (χ4v) is 6.24. The minimum Gasteiger partial charge on any atom is -0.756 e. The fraction of sp³-hybridized carbons (Fsp3) is 0.900. The average molecular weight is 613 g/mol. The van der Waals surface area contributed by atoms with Crippen molar-refractivity contribution in [3.05, 3.63) is 0 Å². The van der Waals surface area contributed by atoms with Gasteiger partial charge in [0.15, 0.2) is 0 Å². The van der Waals surface area contributed by atoms with E-state index < -0.39 is 79.0 Å². The summed E-state index contributed by atoms with van der Waals surface area (Å²) in [6.45, 7) is -1.06. The van der Waals surface area contributed by atoms with Crippen LogP contribution in [0.1, 0.15) is 0 Å². The summed E-state index contributed by atoms with van der Waals surface area (Å²) >= 11 is 0. The molecule has 194 valence electrons. The maximum atomic E-state index is 12.0. The van der Waals surface area contributed by atoms with Crippen LogP contribution in [0.4, 0.5) is 0 Å². The van der Waals surface area contributed by atoms with E-state index in [1.54, 1.807) is 0 Å². The minimum absolute atomic E-state index is 0. The van der Waals surface area contributed by atoms with E-state index in [1.807, 2.05) is 0 Å². The number of phosphoric acid groups is 3. The van der Waals surface area contributed by atoms with Crippen LogP contribution in [0.2, 0.25) is 0 Å². The van der Waals surface area contributed by atoms with Gasteiger partial charge in [-0.2, -0.15) is 0 Å². The number of nitrogens with one attached hydrogen (secondary N) is 3. The van der Waals surface area contributed by atoms with Crippen LogP contribution in [0.25, 0.3) is 0 Å². The molecule has 3 heterocycles. The Balaban J connectivity index is 0. The molecule has 36 heavy (non-hydrogen) atoms. The Bertz CT molecular complexity index is 888. The largest absolute Gasteiger partial charge is 1.00 e. The van der Waals surface area contributed by atoms with Gasteiger partial charge in [-0.3, -0.25) is 34.9 Å². The van der Waals surface area contributed by atoms with Crippen LogP contribution in [0.5, 0.6) is 0 Å². The maximum absolute atomic E-state index is 12.0. The molecule has 10 atom stereocenters. The normalized spacial score (nSPS) is 36.8.